The van der Waals surface area contributed by atoms with E-state index in [0.29, 0.717) is 38.2 Å². The number of hydrogen-bond donors (Lipinski definition) is 3. The fraction of sp³-hybridized carbons (Fsp3) is 0.550. The molecule has 1 aliphatic carbocycles. The first-order valence-corrected chi connectivity index (χ1v) is 9.78. The van der Waals surface area contributed by atoms with Gasteiger partial charge in [0.2, 0.25) is 11.8 Å². The Bertz CT molecular complexity index is 877. The maximum atomic E-state index is 12.9. The molecule has 148 valence electrons. The van der Waals surface area contributed by atoms with E-state index in [9.17, 15) is 14.4 Å². The number of ether oxygens (including phenoxy) is 1. The van der Waals surface area contributed by atoms with Gasteiger partial charge in [0.15, 0.2) is 0 Å². The maximum Gasteiger partial charge on any atom is 0.255 e. The van der Waals surface area contributed by atoms with Gasteiger partial charge in [0, 0.05) is 37.2 Å². The summed E-state index contributed by atoms with van der Waals surface area (Å²) in [4.78, 5) is 38.0. The Morgan fingerprint density at radius 2 is 2.11 bits per heavy atom. The first kappa shape index (κ1) is 17.8. The van der Waals surface area contributed by atoms with Gasteiger partial charge in [0.1, 0.15) is 6.04 Å². The van der Waals surface area contributed by atoms with E-state index in [1.165, 1.54) is 0 Å². The second-order valence-electron chi connectivity index (χ2n) is 8.55. The summed E-state index contributed by atoms with van der Waals surface area (Å²) >= 11 is 0. The Morgan fingerprint density at radius 1 is 1.29 bits per heavy atom. The largest absolute Gasteiger partial charge is 0.372 e. The van der Waals surface area contributed by atoms with Crippen LogP contribution in [0.25, 0.3) is 0 Å². The topological polar surface area (TPSA) is 114 Å². The molecule has 8 heteroatoms. The van der Waals surface area contributed by atoms with Crippen LogP contribution in [0.1, 0.15) is 47.2 Å². The molecule has 4 N–H and O–H groups in total. The molecule has 3 saturated heterocycles. The summed E-state index contributed by atoms with van der Waals surface area (Å²) in [5.41, 5.74) is 8.27. The van der Waals surface area contributed by atoms with Crippen LogP contribution in [0.15, 0.2) is 18.2 Å². The van der Waals surface area contributed by atoms with Crippen molar-refractivity contribution in [3.63, 3.8) is 0 Å². The lowest BCUT2D eigenvalue weighted by Crippen LogP contribution is -2.60. The molecule has 1 unspecified atom stereocenters. The molecule has 8 nitrogen and oxygen atoms in total. The van der Waals surface area contributed by atoms with Crippen LogP contribution in [0.3, 0.4) is 0 Å². The van der Waals surface area contributed by atoms with Gasteiger partial charge in [-0.05, 0) is 36.5 Å². The van der Waals surface area contributed by atoms with Crippen molar-refractivity contribution in [3.8, 4) is 0 Å². The molecule has 4 heterocycles. The zero-order valence-corrected chi connectivity index (χ0v) is 15.6. The summed E-state index contributed by atoms with van der Waals surface area (Å²) in [5, 5.41) is 5.92. The molecule has 3 amide bonds. The summed E-state index contributed by atoms with van der Waals surface area (Å²) in [7, 11) is 0. The van der Waals surface area contributed by atoms with Crippen LogP contribution >= 0.6 is 0 Å². The molecule has 1 aromatic rings. The smallest absolute Gasteiger partial charge is 0.255 e. The van der Waals surface area contributed by atoms with Gasteiger partial charge >= 0.3 is 0 Å². The average molecular weight is 384 g/mol. The van der Waals surface area contributed by atoms with Gasteiger partial charge in [0.05, 0.1) is 12.2 Å². The minimum absolute atomic E-state index is 0.00114. The first-order valence-electron chi connectivity index (χ1n) is 9.78. The number of piperidine rings is 1. The Hall–Kier alpha value is -2.29. The number of nitrogens with zero attached hydrogens (tertiary/aromatic N) is 1. The van der Waals surface area contributed by atoms with Gasteiger partial charge in [-0.2, -0.15) is 0 Å². The van der Waals surface area contributed by atoms with E-state index in [-0.39, 0.29) is 35.3 Å². The zero-order valence-electron chi connectivity index (χ0n) is 15.6. The van der Waals surface area contributed by atoms with Gasteiger partial charge in [-0.25, -0.2) is 0 Å². The van der Waals surface area contributed by atoms with Crippen LogP contribution in [0.4, 0.5) is 0 Å². The highest BCUT2D eigenvalue weighted by atomic mass is 16.5. The highest BCUT2D eigenvalue weighted by Gasteiger charge is 2.61. The number of carbonyl (C=O) groups is 3. The second kappa shape index (κ2) is 6.10. The normalized spacial score (nSPS) is 33.7. The molecule has 1 saturated carbocycles. The van der Waals surface area contributed by atoms with Crippen molar-refractivity contribution in [2.45, 2.75) is 56.0 Å². The summed E-state index contributed by atoms with van der Waals surface area (Å²) in [5.74, 6) is -0.795. The molecular formula is C20H24N4O4. The first-order chi connectivity index (χ1) is 13.4. The zero-order chi connectivity index (χ0) is 19.5. The Morgan fingerprint density at radius 3 is 2.82 bits per heavy atom. The van der Waals surface area contributed by atoms with Gasteiger partial charge in [-0.1, -0.05) is 12.1 Å². The van der Waals surface area contributed by atoms with Crippen LogP contribution in [-0.2, 0) is 27.4 Å². The van der Waals surface area contributed by atoms with E-state index >= 15 is 0 Å². The van der Waals surface area contributed by atoms with E-state index in [1.54, 1.807) is 4.90 Å². The van der Waals surface area contributed by atoms with E-state index in [4.69, 9.17) is 10.5 Å². The van der Waals surface area contributed by atoms with Crippen LogP contribution in [-0.4, -0.2) is 53.0 Å². The summed E-state index contributed by atoms with van der Waals surface area (Å²) in [6, 6.07) is 5.32. The minimum Gasteiger partial charge on any atom is -0.372 e. The molecule has 6 rings (SSSR count). The number of imide groups is 1. The standard InChI is InChI=1S/C20H24N4O4/c21-10-20-8-19(9-20,11-28-20)22-6-12-1-2-13-7-24(18(27)14(13)5-12)15-3-4-16(25)23-17(15)26/h1-2,5,15,22H,3-4,6-11,21H2,(H,23,25,26). The molecular weight excluding hydrogens is 360 g/mol. The molecule has 28 heavy (non-hydrogen) atoms. The molecule has 2 bridgehead atoms. The van der Waals surface area contributed by atoms with Crippen molar-refractivity contribution < 1.29 is 19.1 Å². The number of nitrogens with two attached hydrogens (primary N) is 1. The molecule has 1 aromatic carbocycles. The number of fused-ring (bicyclic) bond motifs is 2. The number of hydrogen-bond acceptors (Lipinski definition) is 6. The lowest BCUT2D eigenvalue weighted by molar-refractivity contribution is -0.136. The number of nitrogens with one attached hydrogen (secondary N) is 2. The SMILES string of the molecule is NCC12CC(NCc3ccc4c(c3)C(=O)N(C3CCC(=O)NC3=O)C4)(CO1)C2. The third kappa shape index (κ3) is 2.67. The molecule has 0 spiro atoms. The monoisotopic (exact) mass is 384 g/mol. The maximum absolute atomic E-state index is 12.9. The second-order valence-corrected chi connectivity index (χ2v) is 8.55. The third-order valence-corrected chi connectivity index (χ3v) is 6.61. The summed E-state index contributed by atoms with van der Waals surface area (Å²) < 4.78 is 5.84. The highest BCUT2D eigenvalue weighted by molar-refractivity contribution is 6.05. The van der Waals surface area contributed by atoms with Crippen molar-refractivity contribution in [2.24, 2.45) is 5.73 Å². The van der Waals surface area contributed by atoms with Crippen LogP contribution in [0.5, 0.6) is 0 Å². The van der Waals surface area contributed by atoms with Crippen LogP contribution in [0.2, 0.25) is 0 Å². The summed E-state index contributed by atoms with van der Waals surface area (Å²) in [6.45, 7) is 2.30. The molecule has 1 atom stereocenters. The number of amides is 3. The van der Waals surface area contributed by atoms with Gasteiger partial charge in [-0.15, -0.1) is 0 Å². The van der Waals surface area contributed by atoms with E-state index in [1.807, 2.05) is 18.2 Å². The Kier molecular flexibility index (Phi) is 3.88. The average Bonchev–Trinajstić information content (AvgIpc) is 3.31. The molecule has 4 fully saturated rings. The molecule has 4 aliphatic heterocycles. The molecule has 5 aliphatic rings. The fourth-order valence-electron chi connectivity index (χ4n) is 5.06. The third-order valence-electron chi connectivity index (χ3n) is 6.61. The van der Waals surface area contributed by atoms with Crippen molar-refractivity contribution in [1.29, 1.82) is 0 Å². The van der Waals surface area contributed by atoms with E-state index < -0.39 is 6.04 Å². The van der Waals surface area contributed by atoms with Crippen LogP contribution in [0, 0.1) is 0 Å². The van der Waals surface area contributed by atoms with Crippen LogP contribution < -0.4 is 16.4 Å². The minimum atomic E-state index is -0.576. The van der Waals surface area contributed by atoms with Gasteiger partial charge in [0.25, 0.3) is 5.91 Å². The van der Waals surface area contributed by atoms with Gasteiger partial charge < -0.3 is 20.7 Å². The van der Waals surface area contributed by atoms with Crippen molar-refractivity contribution in [2.75, 3.05) is 13.2 Å². The quantitative estimate of drug-likeness (QED) is 0.606. The fourth-order valence-corrected chi connectivity index (χ4v) is 5.06. The molecule has 0 radical (unpaired) electrons. The lowest BCUT2D eigenvalue weighted by Gasteiger charge is -2.44. The van der Waals surface area contributed by atoms with E-state index in [2.05, 4.69) is 10.6 Å². The van der Waals surface area contributed by atoms with Gasteiger partial charge in [-0.3, -0.25) is 19.7 Å². The molecule has 0 aromatic heterocycles. The lowest BCUT2D eigenvalue weighted by atomic mass is 9.68. The Balaban J connectivity index is 1.26. The summed E-state index contributed by atoms with van der Waals surface area (Å²) in [6.07, 6.45) is 2.51. The van der Waals surface area contributed by atoms with Crippen molar-refractivity contribution >= 4 is 17.7 Å². The predicted octanol–water partition coefficient (Wildman–Crippen LogP) is -0.202. The number of benzene rings is 1. The predicted molar refractivity (Wildman–Crippen MR) is 99.0 cm³/mol. The van der Waals surface area contributed by atoms with Crippen molar-refractivity contribution in [1.82, 2.24) is 15.5 Å². The number of rotatable bonds is 5. The van der Waals surface area contributed by atoms with Crippen molar-refractivity contribution in [3.05, 3.63) is 34.9 Å². The number of carbonyl (C=O) groups excluding carboxylic acids is 3. The van der Waals surface area contributed by atoms with E-state index in [0.717, 1.165) is 24.0 Å². The highest BCUT2D eigenvalue weighted by Crippen LogP contribution is 2.50. The Labute approximate surface area is 162 Å².